The van der Waals surface area contributed by atoms with Crippen LogP contribution < -0.4 is 5.32 Å². The van der Waals surface area contributed by atoms with Gasteiger partial charge in [-0.3, -0.25) is 0 Å². The van der Waals surface area contributed by atoms with Gasteiger partial charge in [-0.25, -0.2) is 0 Å². The second-order valence-corrected chi connectivity index (χ2v) is 4.75. The zero-order valence-electron chi connectivity index (χ0n) is 9.89. The minimum absolute atomic E-state index is 0.184. The first kappa shape index (κ1) is 11.6. The quantitative estimate of drug-likeness (QED) is 0.796. The average Bonchev–Trinajstić information content (AvgIpc) is 2.28. The van der Waals surface area contributed by atoms with Gasteiger partial charge in [0.1, 0.15) is 0 Å². The molecule has 0 saturated heterocycles. The lowest BCUT2D eigenvalue weighted by Gasteiger charge is -2.36. The molecule has 16 heavy (non-hydrogen) atoms. The van der Waals surface area contributed by atoms with Gasteiger partial charge in [0.15, 0.2) is 0 Å². The Morgan fingerprint density at radius 3 is 2.62 bits per heavy atom. The zero-order valence-corrected chi connectivity index (χ0v) is 9.89. The van der Waals surface area contributed by atoms with Gasteiger partial charge in [-0.1, -0.05) is 37.3 Å². The number of aliphatic hydroxyl groups is 1. The number of aliphatic hydroxyl groups excluding tert-OH is 1. The van der Waals surface area contributed by atoms with Crippen molar-refractivity contribution < 1.29 is 5.11 Å². The van der Waals surface area contributed by atoms with Crippen molar-refractivity contribution in [3.63, 3.8) is 0 Å². The number of rotatable bonds is 5. The van der Waals surface area contributed by atoms with Gasteiger partial charge in [0.25, 0.3) is 0 Å². The zero-order chi connectivity index (χ0) is 11.4. The van der Waals surface area contributed by atoms with Crippen molar-refractivity contribution in [3.8, 4) is 0 Å². The molecule has 0 bridgehead atoms. The molecule has 2 nitrogen and oxygen atoms in total. The molecule has 2 heteroatoms. The third kappa shape index (κ3) is 2.83. The molecule has 1 saturated carbocycles. The Morgan fingerprint density at radius 1 is 1.31 bits per heavy atom. The van der Waals surface area contributed by atoms with Crippen LogP contribution in [-0.2, 0) is 0 Å². The van der Waals surface area contributed by atoms with Gasteiger partial charge in [0, 0.05) is 12.6 Å². The minimum Gasteiger partial charge on any atom is -0.392 e. The molecule has 0 heterocycles. The fraction of sp³-hybridized carbons (Fsp3) is 0.571. The summed E-state index contributed by atoms with van der Waals surface area (Å²) in [4.78, 5) is 0. The van der Waals surface area contributed by atoms with Crippen molar-refractivity contribution in [2.45, 2.75) is 44.2 Å². The highest BCUT2D eigenvalue weighted by atomic mass is 16.3. The van der Waals surface area contributed by atoms with Gasteiger partial charge >= 0.3 is 0 Å². The summed E-state index contributed by atoms with van der Waals surface area (Å²) < 4.78 is 0. The van der Waals surface area contributed by atoms with Crippen LogP contribution in [0, 0.1) is 0 Å². The summed E-state index contributed by atoms with van der Waals surface area (Å²) >= 11 is 0. The Balaban J connectivity index is 1.70. The molecule has 1 aromatic rings. The van der Waals surface area contributed by atoms with Crippen LogP contribution >= 0.6 is 0 Å². The average molecular weight is 219 g/mol. The highest BCUT2D eigenvalue weighted by Crippen LogP contribution is 2.36. The number of benzene rings is 1. The molecule has 1 fully saturated rings. The molecule has 2 N–H and O–H groups in total. The predicted octanol–water partition coefficient (Wildman–Crippen LogP) is 2.29. The van der Waals surface area contributed by atoms with Crippen molar-refractivity contribution in [1.82, 2.24) is 5.32 Å². The van der Waals surface area contributed by atoms with E-state index in [9.17, 15) is 5.11 Å². The molecule has 1 aromatic carbocycles. The third-order valence-corrected chi connectivity index (χ3v) is 3.52. The van der Waals surface area contributed by atoms with Crippen LogP contribution in [0.15, 0.2) is 30.3 Å². The first-order valence-electron chi connectivity index (χ1n) is 6.26. The van der Waals surface area contributed by atoms with Crippen molar-refractivity contribution >= 4 is 0 Å². The summed E-state index contributed by atoms with van der Waals surface area (Å²) in [5.41, 5.74) is 1.46. The monoisotopic (exact) mass is 219 g/mol. The van der Waals surface area contributed by atoms with Crippen LogP contribution in [0.3, 0.4) is 0 Å². The molecular formula is C14H21NO. The van der Waals surface area contributed by atoms with E-state index in [-0.39, 0.29) is 6.10 Å². The summed E-state index contributed by atoms with van der Waals surface area (Å²) in [6.45, 7) is 2.75. The summed E-state index contributed by atoms with van der Waals surface area (Å²) in [5, 5.41) is 12.9. The van der Waals surface area contributed by atoms with Crippen LogP contribution in [0.4, 0.5) is 0 Å². The minimum atomic E-state index is -0.184. The molecule has 1 aliphatic carbocycles. The molecule has 0 aliphatic heterocycles. The lowest BCUT2D eigenvalue weighted by molar-refractivity contribution is 0.151. The number of hydrogen-bond donors (Lipinski definition) is 2. The maximum absolute atomic E-state index is 9.45. The number of nitrogens with one attached hydrogen (secondary N) is 1. The van der Waals surface area contributed by atoms with E-state index in [2.05, 4.69) is 35.6 Å². The van der Waals surface area contributed by atoms with Crippen LogP contribution in [0.25, 0.3) is 0 Å². The molecule has 0 spiro atoms. The SMILES string of the molecule is CCC(O)CNC1CC(c2ccccc2)C1. The second kappa shape index (κ2) is 5.46. The molecule has 0 aromatic heterocycles. The Morgan fingerprint density at radius 2 is 2.00 bits per heavy atom. The Labute approximate surface area is 97.7 Å². The van der Waals surface area contributed by atoms with Gasteiger partial charge in [0.05, 0.1) is 6.10 Å². The largest absolute Gasteiger partial charge is 0.392 e. The van der Waals surface area contributed by atoms with Crippen LogP contribution in [-0.4, -0.2) is 23.8 Å². The normalized spacial score (nSPS) is 26.1. The summed E-state index contributed by atoms with van der Waals surface area (Å²) in [5.74, 6) is 0.720. The van der Waals surface area contributed by atoms with Gasteiger partial charge in [-0.15, -0.1) is 0 Å². The van der Waals surface area contributed by atoms with Gasteiger partial charge in [-0.2, -0.15) is 0 Å². The standard InChI is InChI=1S/C14H21NO/c1-2-14(16)10-15-13-8-12(9-13)11-6-4-3-5-7-11/h3-7,12-16H,2,8-10H2,1H3. The maximum atomic E-state index is 9.45. The number of hydrogen-bond acceptors (Lipinski definition) is 2. The van der Waals surface area contributed by atoms with E-state index in [4.69, 9.17) is 0 Å². The van der Waals surface area contributed by atoms with Gasteiger partial charge in [0.2, 0.25) is 0 Å². The van der Waals surface area contributed by atoms with Crippen molar-refractivity contribution in [2.24, 2.45) is 0 Å². The van der Waals surface area contributed by atoms with E-state index in [0.29, 0.717) is 6.04 Å². The van der Waals surface area contributed by atoms with Gasteiger partial charge < -0.3 is 10.4 Å². The molecule has 0 amide bonds. The molecule has 2 rings (SSSR count). The second-order valence-electron chi connectivity index (χ2n) is 4.75. The van der Waals surface area contributed by atoms with E-state index in [1.807, 2.05) is 6.92 Å². The van der Waals surface area contributed by atoms with E-state index < -0.39 is 0 Å². The fourth-order valence-corrected chi connectivity index (χ4v) is 2.23. The molecule has 0 radical (unpaired) electrons. The molecule has 88 valence electrons. The summed E-state index contributed by atoms with van der Waals surface area (Å²) in [7, 11) is 0. The first-order valence-corrected chi connectivity index (χ1v) is 6.26. The summed E-state index contributed by atoms with van der Waals surface area (Å²) in [6.07, 6.45) is 3.07. The van der Waals surface area contributed by atoms with Crippen LogP contribution in [0.5, 0.6) is 0 Å². The van der Waals surface area contributed by atoms with Gasteiger partial charge in [-0.05, 0) is 30.7 Å². The Bertz CT molecular complexity index is 306. The topological polar surface area (TPSA) is 32.3 Å². The van der Waals surface area contributed by atoms with Crippen molar-refractivity contribution in [2.75, 3.05) is 6.54 Å². The highest BCUT2D eigenvalue weighted by Gasteiger charge is 2.29. The summed E-state index contributed by atoms with van der Waals surface area (Å²) in [6, 6.07) is 11.3. The predicted molar refractivity (Wildman–Crippen MR) is 66.5 cm³/mol. The van der Waals surface area contributed by atoms with E-state index in [1.165, 1.54) is 18.4 Å². The lowest BCUT2D eigenvalue weighted by Crippen LogP contribution is -2.43. The van der Waals surface area contributed by atoms with Crippen molar-refractivity contribution in [1.29, 1.82) is 0 Å². The smallest absolute Gasteiger partial charge is 0.0662 e. The lowest BCUT2D eigenvalue weighted by atomic mass is 9.76. The Kier molecular flexibility index (Phi) is 3.97. The third-order valence-electron chi connectivity index (χ3n) is 3.52. The molecule has 1 aliphatic rings. The maximum Gasteiger partial charge on any atom is 0.0662 e. The molecule has 1 unspecified atom stereocenters. The highest BCUT2D eigenvalue weighted by molar-refractivity contribution is 5.22. The molecular weight excluding hydrogens is 198 g/mol. The van der Waals surface area contributed by atoms with Crippen LogP contribution in [0.2, 0.25) is 0 Å². The Hall–Kier alpha value is -0.860. The van der Waals surface area contributed by atoms with E-state index in [1.54, 1.807) is 0 Å². The first-order chi connectivity index (χ1) is 7.79. The van der Waals surface area contributed by atoms with E-state index >= 15 is 0 Å². The molecule has 1 atom stereocenters. The van der Waals surface area contributed by atoms with Crippen molar-refractivity contribution in [3.05, 3.63) is 35.9 Å². The van der Waals surface area contributed by atoms with E-state index in [0.717, 1.165) is 18.9 Å². The van der Waals surface area contributed by atoms with Crippen LogP contribution in [0.1, 0.15) is 37.7 Å². The fourth-order valence-electron chi connectivity index (χ4n) is 2.23.